The van der Waals surface area contributed by atoms with Gasteiger partial charge in [-0.15, -0.1) is 0 Å². The van der Waals surface area contributed by atoms with E-state index in [-0.39, 0.29) is 29.2 Å². The highest BCUT2D eigenvalue weighted by atomic mass is 19.3. The Labute approximate surface area is 212 Å². The summed E-state index contributed by atoms with van der Waals surface area (Å²) in [5.74, 6) is 0.983. The number of benzene rings is 1. The van der Waals surface area contributed by atoms with Crippen molar-refractivity contribution in [2.75, 3.05) is 13.6 Å². The number of nitrogens with zero attached hydrogens (tertiary/aromatic N) is 2. The Bertz CT molecular complexity index is 1270. The van der Waals surface area contributed by atoms with Gasteiger partial charge in [-0.25, -0.2) is 8.78 Å². The van der Waals surface area contributed by atoms with E-state index in [9.17, 15) is 8.78 Å². The van der Waals surface area contributed by atoms with Crippen LogP contribution in [-0.4, -0.2) is 47.1 Å². The van der Waals surface area contributed by atoms with Gasteiger partial charge in [0.15, 0.2) is 0 Å². The number of hydrogen-bond donors (Lipinski definition) is 0. The van der Waals surface area contributed by atoms with E-state index in [2.05, 4.69) is 48.3 Å². The quantitative estimate of drug-likeness (QED) is 0.460. The number of pyridine rings is 1. The molecule has 4 unspecified atom stereocenters. The second-order valence-electron chi connectivity index (χ2n) is 12.4. The highest BCUT2D eigenvalue weighted by Gasteiger charge is 2.66. The first kappa shape index (κ1) is 23.0. The van der Waals surface area contributed by atoms with Crippen molar-refractivity contribution in [3.05, 3.63) is 65.5 Å². The van der Waals surface area contributed by atoms with Crippen molar-refractivity contribution in [1.82, 2.24) is 9.88 Å². The molecular formula is C31H36F2N2O. The molecule has 2 spiro atoms. The fraction of sp³-hybridized carbons (Fsp3) is 0.581. The predicted molar refractivity (Wildman–Crippen MR) is 138 cm³/mol. The van der Waals surface area contributed by atoms with Crippen LogP contribution >= 0.6 is 0 Å². The van der Waals surface area contributed by atoms with Gasteiger partial charge in [-0.05, 0) is 110 Å². The lowest BCUT2D eigenvalue weighted by molar-refractivity contribution is -0.141. The number of alkyl halides is 2. The molecule has 5 aliphatic rings. The zero-order valence-corrected chi connectivity index (χ0v) is 21.4. The third-order valence-corrected chi connectivity index (χ3v) is 10.8. The van der Waals surface area contributed by atoms with Crippen LogP contribution in [0.2, 0.25) is 0 Å². The normalized spacial score (nSPS) is 39.1. The van der Waals surface area contributed by atoms with Crippen molar-refractivity contribution in [2.24, 2.45) is 11.3 Å². The Morgan fingerprint density at radius 3 is 2.89 bits per heavy atom. The van der Waals surface area contributed by atoms with E-state index in [0.717, 1.165) is 38.5 Å². The van der Waals surface area contributed by atoms with Crippen molar-refractivity contribution in [1.29, 1.82) is 0 Å². The summed E-state index contributed by atoms with van der Waals surface area (Å²) in [6, 6.07) is 9.19. The van der Waals surface area contributed by atoms with E-state index in [4.69, 9.17) is 4.74 Å². The van der Waals surface area contributed by atoms with Gasteiger partial charge in [0.05, 0.1) is 17.7 Å². The van der Waals surface area contributed by atoms with Crippen LogP contribution in [0.4, 0.5) is 8.78 Å². The lowest BCUT2D eigenvalue weighted by Crippen LogP contribution is -2.55. The number of fused-ring (bicyclic) bond motifs is 2. The standard InChI is InChI=1S/C31H36F2N2O/c1-29-11-9-24-16-23-5-6-25(35(2)19-28(32)33)17-30(23)12-13-31(24,36-30)27(29)8-7-26(29)21-4-3-20-10-14-34-18-22(20)15-21/h3-4,9-10,14-16,18,25-28H,5-8,11-13,17,19H2,1-2H3/t25?,26?,27?,29?,30-,31-/m1/s1. The average molecular weight is 491 g/mol. The van der Waals surface area contributed by atoms with Crippen LogP contribution in [0.5, 0.6) is 0 Å². The van der Waals surface area contributed by atoms with Gasteiger partial charge >= 0.3 is 0 Å². The molecular weight excluding hydrogens is 454 g/mol. The number of allylic oxidation sites excluding steroid dienone is 1. The van der Waals surface area contributed by atoms with E-state index in [1.807, 2.05) is 24.3 Å². The van der Waals surface area contributed by atoms with Crippen LogP contribution in [0.1, 0.15) is 69.8 Å². The van der Waals surface area contributed by atoms with Crippen LogP contribution in [0.3, 0.4) is 0 Å². The highest BCUT2D eigenvalue weighted by Crippen LogP contribution is 2.69. The topological polar surface area (TPSA) is 25.4 Å². The molecule has 0 amide bonds. The molecule has 1 aromatic heterocycles. The number of aromatic nitrogens is 1. The first-order valence-corrected chi connectivity index (χ1v) is 13.8. The fourth-order valence-corrected chi connectivity index (χ4v) is 8.99. The van der Waals surface area contributed by atoms with Gasteiger partial charge < -0.3 is 4.74 Å². The summed E-state index contributed by atoms with van der Waals surface area (Å²) in [7, 11) is 1.86. The molecule has 2 saturated carbocycles. The minimum Gasteiger partial charge on any atom is -0.359 e. The molecule has 1 saturated heterocycles. The average Bonchev–Trinajstić information content (AvgIpc) is 3.38. The largest absolute Gasteiger partial charge is 0.359 e. The molecule has 36 heavy (non-hydrogen) atoms. The van der Waals surface area contributed by atoms with Crippen molar-refractivity contribution in [3.63, 3.8) is 0 Å². The van der Waals surface area contributed by atoms with Crippen LogP contribution in [-0.2, 0) is 4.74 Å². The maximum absolute atomic E-state index is 13.1. The second kappa shape index (κ2) is 7.94. The third-order valence-electron chi connectivity index (χ3n) is 10.8. The van der Waals surface area contributed by atoms with E-state index in [0.29, 0.717) is 11.8 Å². The van der Waals surface area contributed by atoms with E-state index >= 15 is 0 Å². The molecule has 3 heterocycles. The molecule has 190 valence electrons. The summed E-state index contributed by atoms with van der Waals surface area (Å²) in [5, 5.41) is 2.46. The molecule has 6 atom stereocenters. The molecule has 0 radical (unpaired) electrons. The summed E-state index contributed by atoms with van der Waals surface area (Å²) in [6.45, 7) is 2.35. The lowest BCUT2D eigenvalue weighted by atomic mass is 9.58. The summed E-state index contributed by atoms with van der Waals surface area (Å²) in [5.41, 5.74) is 3.94. The maximum atomic E-state index is 13.1. The first-order valence-electron chi connectivity index (χ1n) is 13.8. The third kappa shape index (κ3) is 3.18. The van der Waals surface area contributed by atoms with Gasteiger partial charge in [0, 0.05) is 23.8 Å². The summed E-state index contributed by atoms with van der Waals surface area (Å²) < 4.78 is 33.6. The van der Waals surface area contributed by atoms with Gasteiger partial charge in [0.2, 0.25) is 0 Å². The summed E-state index contributed by atoms with van der Waals surface area (Å²) in [6.07, 6.45) is 14.8. The van der Waals surface area contributed by atoms with Gasteiger partial charge in [-0.1, -0.05) is 31.2 Å². The van der Waals surface area contributed by atoms with Crippen molar-refractivity contribution >= 4 is 10.8 Å². The molecule has 7 rings (SSSR count). The number of rotatable bonds is 4. The fourth-order valence-electron chi connectivity index (χ4n) is 8.99. The first-order chi connectivity index (χ1) is 17.3. The smallest absolute Gasteiger partial charge is 0.251 e. The molecule has 1 aromatic carbocycles. The number of halogens is 2. The zero-order chi connectivity index (χ0) is 24.7. The molecule has 3 nitrogen and oxygen atoms in total. The molecule has 2 bridgehead atoms. The van der Waals surface area contributed by atoms with Crippen LogP contribution in [0.15, 0.2) is 60.0 Å². The Kier molecular flexibility index (Phi) is 5.08. The molecule has 0 N–H and O–H groups in total. The Morgan fingerprint density at radius 1 is 1.14 bits per heavy atom. The predicted octanol–water partition coefficient (Wildman–Crippen LogP) is 7.04. The summed E-state index contributed by atoms with van der Waals surface area (Å²) >= 11 is 0. The van der Waals surface area contributed by atoms with Gasteiger partial charge in [0.1, 0.15) is 0 Å². The van der Waals surface area contributed by atoms with E-state index in [1.54, 1.807) is 0 Å². The van der Waals surface area contributed by atoms with Crippen molar-refractivity contribution in [2.45, 2.75) is 87.9 Å². The maximum Gasteiger partial charge on any atom is 0.251 e. The van der Waals surface area contributed by atoms with Gasteiger partial charge in [0.25, 0.3) is 6.43 Å². The van der Waals surface area contributed by atoms with Crippen LogP contribution < -0.4 is 0 Å². The zero-order valence-electron chi connectivity index (χ0n) is 21.4. The Morgan fingerprint density at radius 2 is 2.03 bits per heavy atom. The minimum absolute atomic E-state index is 0.150. The lowest BCUT2D eigenvalue weighted by Gasteiger charge is -2.55. The monoisotopic (exact) mass is 490 g/mol. The van der Waals surface area contributed by atoms with Crippen molar-refractivity contribution in [3.8, 4) is 0 Å². The minimum atomic E-state index is -2.29. The molecule has 2 aromatic rings. The molecule has 2 aliphatic heterocycles. The van der Waals surface area contributed by atoms with Gasteiger partial charge in [-0.3, -0.25) is 9.88 Å². The Hall–Kier alpha value is -2.11. The number of hydrogen-bond acceptors (Lipinski definition) is 3. The van der Waals surface area contributed by atoms with E-state index < -0.39 is 6.43 Å². The van der Waals surface area contributed by atoms with Crippen LogP contribution in [0, 0.1) is 11.3 Å². The molecule has 3 fully saturated rings. The summed E-state index contributed by atoms with van der Waals surface area (Å²) in [4.78, 5) is 6.23. The molecule has 3 aliphatic carbocycles. The SMILES string of the molecule is CN(CC(F)F)C1CCC2=CC3=CCC4(C)C(c5ccc6ccncc6c5)CCC4[C@@]34CC[C@]2(C1)O4. The highest BCUT2D eigenvalue weighted by molar-refractivity contribution is 5.82. The van der Waals surface area contributed by atoms with Crippen LogP contribution in [0.25, 0.3) is 10.8 Å². The number of ether oxygens (including phenoxy) is 1. The van der Waals surface area contributed by atoms with Gasteiger partial charge in [-0.2, -0.15) is 0 Å². The van der Waals surface area contributed by atoms with E-state index in [1.165, 1.54) is 40.3 Å². The molecule has 5 heteroatoms. The second-order valence-corrected chi connectivity index (χ2v) is 12.4. The Balaban J connectivity index is 1.22. The van der Waals surface area contributed by atoms with Crippen molar-refractivity contribution < 1.29 is 13.5 Å².